The Kier molecular flexibility index (Phi) is 4.61. The number of benzene rings is 1. The summed E-state index contributed by atoms with van der Waals surface area (Å²) >= 11 is 1.03. The van der Waals surface area contributed by atoms with Crippen LogP contribution >= 0.6 is 11.3 Å². The number of hydrogen-bond acceptors (Lipinski definition) is 5. The van der Waals surface area contributed by atoms with Gasteiger partial charge < -0.3 is 10.1 Å². The van der Waals surface area contributed by atoms with Crippen LogP contribution in [0.5, 0.6) is 5.75 Å². The fourth-order valence-corrected chi connectivity index (χ4v) is 3.36. The molecule has 6 nitrogen and oxygen atoms in total. The van der Waals surface area contributed by atoms with Gasteiger partial charge in [-0.15, -0.1) is 11.3 Å². The number of hydrogen-bond donors (Lipinski definition) is 2. The van der Waals surface area contributed by atoms with Crippen molar-refractivity contribution in [2.45, 2.75) is 10.8 Å². The topological polar surface area (TPSA) is 98.5 Å². The number of thiophene rings is 1. The summed E-state index contributed by atoms with van der Waals surface area (Å²) in [6.45, 7) is 0.232. The van der Waals surface area contributed by atoms with Gasteiger partial charge in [-0.25, -0.2) is 13.6 Å². The summed E-state index contributed by atoms with van der Waals surface area (Å²) in [7, 11) is -2.17. The molecule has 0 spiro atoms. The second-order valence-corrected chi connectivity index (χ2v) is 7.14. The Labute approximate surface area is 126 Å². The zero-order chi connectivity index (χ0) is 15.5. The summed E-state index contributed by atoms with van der Waals surface area (Å²) in [6.07, 6.45) is 0. The van der Waals surface area contributed by atoms with Crippen LogP contribution in [0.25, 0.3) is 0 Å². The summed E-state index contributed by atoms with van der Waals surface area (Å²) in [4.78, 5) is 12.7. The number of amides is 1. The smallest absolute Gasteiger partial charge is 0.251 e. The highest BCUT2D eigenvalue weighted by atomic mass is 32.2. The molecule has 1 aromatic heterocycles. The molecule has 21 heavy (non-hydrogen) atoms. The molecule has 1 heterocycles. The fourth-order valence-electron chi connectivity index (χ4n) is 1.64. The average Bonchev–Trinajstić information content (AvgIpc) is 2.94. The first-order valence-electron chi connectivity index (χ1n) is 5.94. The number of ether oxygens (including phenoxy) is 1. The predicted molar refractivity (Wildman–Crippen MR) is 79.9 cm³/mol. The molecule has 0 bridgehead atoms. The zero-order valence-electron chi connectivity index (χ0n) is 11.2. The molecule has 3 N–H and O–H groups in total. The Bertz CT molecular complexity index is 753. The highest BCUT2D eigenvalue weighted by Gasteiger charge is 2.12. The first-order chi connectivity index (χ1) is 9.90. The largest absolute Gasteiger partial charge is 0.497 e. The third-order valence-corrected chi connectivity index (χ3v) is 5.20. The minimum Gasteiger partial charge on any atom is -0.497 e. The van der Waals surface area contributed by atoms with Crippen molar-refractivity contribution in [2.24, 2.45) is 5.14 Å². The number of nitrogens with two attached hydrogens (primary N) is 1. The van der Waals surface area contributed by atoms with Crippen LogP contribution in [0.15, 0.2) is 40.6 Å². The third kappa shape index (κ3) is 4.03. The number of primary sulfonamides is 1. The van der Waals surface area contributed by atoms with Gasteiger partial charge in [0.25, 0.3) is 5.91 Å². The molecule has 0 aliphatic carbocycles. The number of rotatable bonds is 5. The monoisotopic (exact) mass is 326 g/mol. The Morgan fingerprint density at radius 3 is 2.71 bits per heavy atom. The molecule has 2 rings (SSSR count). The second-order valence-electron chi connectivity index (χ2n) is 4.18. The molecule has 0 saturated heterocycles. The van der Waals surface area contributed by atoms with E-state index in [0.717, 1.165) is 11.3 Å². The predicted octanol–water partition coefficient (Wildman–Crippen LogP) is 1.33. The van der Waals surface area contributed by atoms with Crippen molar-refractivity contribution in [3.63, 3.8) is 0 Å². The van der Waals surface area contributed by atoms with Gasteiger partial charge in [0.15, 0.2) is 0 Å². The van der Waals surface area contributed by atoms with Crippen LogP contribution in [0.4, 0.5) is 0 Å². The van der Waals surface area contributed by atoms with Gasteiger partial charge in [0.1, 0.15) is 9.96 Å². The average molecular weight is 326 g/mol. The molecule has 0 fully saturated rings. The highest BCUT2D eigenvalue weighted by Crippen LogP contribution is 2.20. The standard InChI is InChI=1S/C13H14N2O4S2/c1-19-10-4-2-3-9(7-10)13(16)15-8-11-5-6-12(20-11)21(14,17)18/h2-7H,8H2,1H3,(H,15,16)(H2,14,17,18). The van der Waals surface area contributed by atoms with E-state index in [1.807, 2.05) is 0 Å². The SMILES string of the molecule is COc1cccc(C(=O)NCc2ccc(S(N)(=O)=O)s2)c1. The fraction of sp³-hybridized carbons (Fsp3) is 0.154. The quantitative estimate of drug-likeness (QED) is 0.866. The number of sulfonamides is 1. The van der Waals surface area contributed by atoms with Crippen molar-refractivity contribution in [1.82, 2.24) is 5.32 Å². The Morgan fingerprint density at radius 1 is 1.33 bits per heavy atom. The molecule has 0 saturated carbocycles. The number of carbonyl (C=O) groups is 1. The maximum absolute atomic E-state index is 12.0. The zero-order valence-corrected chi connectivity index (χ0v) is 12.8. The lowest BCUT2D eigenvalue weighted by molar-refractivity contribution is 0.0951. The van der Waals surface area contributed by atoms with Gasteiger partial charge in [0.05, 0.1) is 13.7 Å². The van der Waals surface area contributed by atoms with Crippen molar-refractivity contribution in [3.05, 3.63) is 46.8 Å². The molecular weight excluding hydrogens is 312 g/mol. The van der Waals surface area contributed by atoms with Gasteiger partial charge >= 0.3 is 0 Å². The van der Waals surface area contributed by atoms with Gasteiger partial charge in [0.2, 0.25) is 10.0 Å². The van der Waals surface area contributed by atoms with E-state index < -0.39 is 10.0 Å². The summed E-state index contributed by atoms with van der Waals surface area (Å²) in [6, 6.07) is 9.80. The van der Waals surface area contributed by atoms with Crippen LogP contribution in [0.2, 0.25) is 0 Å². The minimum absolute atomic E-state index is 0.0770. The molecule has 112 valence electrons. The van der Waals surface area contributed by atoms with E-state index in [2.05, 4.69) is 5.32 Å². The lowest BCUT2D eigenvalue weighted by Gasteiger charge is -2.05. The number of methoxy groups -OCH3 is 1. The minimum atomic E-state index is -3.69. The molecule has 0 aliphatic rings. The summed E-state index contributed by atoms with van der Waals surface area (Å²) in [5, 5.41) is 7.74. The van der Waals surface area contributed by atoms with Gasteiger partial charge in [-0.1, -0.05) is 6.07 Å². The lowest BCUT2D eigenvalue weighted by atomic mass is 10.2. The van der Waals surface area contributed by atoms with Crippen LogP contribution in [0.1, 0.15) is 15.2 Å². The van der Waals surface area contributed by atoms with E-state index in [0.29, 0.717) is 16.2 Å². The maximum atomic E-state index is 12.0. The Hall–Kier alpha value is -1.90. The molecule has 0 radical (unpaired) electrons. The van der Waals surface area contributed by atoms with Crippen molar-refractivity contribution in [3.8, 4) is 5.75 Å². The van der Waals surface area contributed by atoms with E-state index in [1.54, 1.807) is 30.3 Å². The summed E-state index contributed by atoms with van der Waals surface area (Å²) in [5.41, 5.74) is 0.470. The van der Waals surface area contributed by atoms with Crippen molar-refractivity contribution >= 4 is 27.3 Å². The number of nitrogens with one attached hydrogen (secondary N) is 1. The molecule has 8 heteroatoms. The van der Waals surface area contributed by atoms with Crippen LogP contribution in [0.3, 0.4) is 0 Å². The van der Waals surface area contributed by atoms with E-state index >= 15 is 0 Å². The van der Waals surface area contributed by atoms with Crippen molar-refractivity contribution in [2.75, 3.05) is 7.11 Å². The second kappa shape index (κ2) is 6.25. The lowest BCUT2D eigenvalue weighted by Crippen LogP contribution is -2.22. The van der Waals surface area contributed by atoms with E-state index in [-0.39, 0.29) is 16.7 Å². The molecular formula is C13H14N2O4S2. The molecule has 0 atom stereocenters. The van der Waals surface area contributed by atoms with E-state index in [9.17, 15) is 13.2 Å². The van der Waals surface area contributed by atoms with Gasteiger partial charge in [0, 0.05) is 10.4 Å². The first kappa shape index (κ1) is 15.5. The maximum Gasteiger partial charge on any atom is 0.251 e. The molecule has 0 unspecified atom stereocenters. The summed E-state index contributed by atoms with van der Waals surface area (Å²) < 4.78 is 27.5. The van der Waals surface area contributed by atoms with Gasteiger partial charge in [-0.2, -0.15) is 0 Å². The van der Waals surface area contributed by atoms with E-state index in [1.165, 1.54) is 13.2 Å². The molecule has 1 aromatic carbocycles. The van der Waals surface area contributed by atoms with Crippen LogP contribution in [-0.4, -0.2) is 21.4 Å². The third-order valence-electron chi connectivity index (χ3n) is 2.67. The summed E-state index contributed by atoms with van der Waals surface area (Å²) in [5.74, 6) is 0.328. The van der Waals surface area contributed by atoms with Crippen LogP contribution in [0, 0.1) is 0 Å². The molecule has 2 aromatic rings. The van der Waals surface area contributed by atoms with Crippen molar-refractivity contribution in [1.29, 1.82) is 0 Å². The van der Waals surface area contributed by atoms with Crippen LogP contribution < -0.4 is 15.2 Å². The van der Waals surface area contributed by atoms with E-state index in [4.69, 9.17) is 9.88 Å². The molecule has 0 aliphatic heterocycles. The number of carbonyl (C=O) groups excluding carboxylic acids is 1. The Balaban J connectivity index is 2.02. The first-order valence-corrected chi connectivity index (χ1v) is 8.30. The molecule has 1 amide bonds. The highest BCUT2D eigenvalue weighted by molar-refractivity contribution is 7.91. The Morgan fingerprint density at radius 2 is 2.10 bits per heavy atom. The van der Waals surface area contributed by atoms with Gasteiger partial charge in [-0.05, 0) is 30.3 Å². The normalized spacial score (nSPS) is 11.1. The van der Waals surface area contributed by atoms with Crippen molar-refractivity contribution < 1.29 is 17.9 Å². The van der Waals surface area contributed by atoms with Gasteiger partial charge in [-0.3, -0.25) is 4.79 Å². The van der Waals surface area contributed by atoms with Crippen LogP contribution in [-0.2, 0) is 16.6 Å².